The lowest BCUT2D eigenvalue weighted by atomic mass is 10.1. The molecular formula is C12H17F3N2O. The molecule has 6 heteroatoms. The van der Waals surface area contributed by atoms with E-state index in [0.29, 0.717) is 5.82 Å². The molecule has 18 heavy (non-hydrogen) atoms. The minimum Gasteiger partial charge on any atom is -0.468 e. The standard InChI is InChI=1S/C12H17F3N2O/c1-8-5-6-9(18-7-12(13,14)15)16-10(8)17-11(2,3)4/h5-6H,7H2,1-4H3,(H,16,17). The summed E-state index contributed by atoms with van der Waals surface area (Å²) >= 11 is 0. The van der Waals surface area contributed by atoms with Gasteiger partial charge in [0.25, 0.3) is 0 Å². The maximum absolute atomic E-state index is 12.0. The SMILES string of the molecule is Cc1ccc(OCC(F)(F)F)nc1NC(C)(C)C. The second-order valence-electron chi connectivity index (χ2n) is 5.09. The van der Waals surface area contributed by atoms with E-state index in [2.05, 4.69) is 15.0 Å². The number of nitrogens with zero attached hydrogens (tertiary/aromatic N) is 1. The van der Waals surface area contributed by atoms with Gasteiger partial charge in [0.2, 0.25) is 5.88 Å². The molecular weight excluding hydrogens is 245 g/mol. The zero-order valence-electron chi connectivity index (χ0n) is 10.9. The number of nitrogens with one attached hydrogen (secondary N) is 1. The van der Waals surface area contributed by atoms with Gasteiger partial charge < -0.3 is 10.1 Å². The molecule has 0 saturated carbocycles. The Bertz CT molecular complexity index is 411. The first-order chi connectivity index (χ1) is 8.07. The van der Waals surface area contributed by atoms with E-state index in [-0.39, 0.29) is 11.4 Å². The van der Waals surface area contributed by atoms with Crippen LogP contribution in [0.3, 0.4) is 0 Å². The first-order valence-corrected chi connectivity index (χ1v) is 5.52. The molecule has 1 N–H and O–H groups in total. The number of aromatic nitrogens is 1. The molecule has 0 aliphatic rings. The van der Waals surface area contributed by atoms with Gasteiger partial charge in [-0.3, -0.25) is 0 Å². The van der Waals surface area contributed by atoms with Crippen molar-refractivity contribution in [3.05, 3.63) is 17.7 Å². The normalized spacial score (nSPS) is 12.4. The molecule has 0 saturated heterocycles. The van der Waals surface area contributed by atoms with Crippen LogP contribution in [0.15, 0.2) is 12.1 Å². The van der Waals surface area contributed by atoms with Gasteiger partial charge in [0.05, 0.1) is 0 Å². The molecule has 1 aromatic heterocycles. The third kappa shape index (κ3) is 5.25. The number of rotatable bonds is 3. The fraction of sp³-hybridized carbons (Fsp3) is 0.583. The lowest BCUT2D eigenvalue weighted by Crippen LogP contribution is -2.27. The molecule has 0 aromatic carbocycles. The summed E-state index contributed by atoms with van der Waals surface area (Å²) in [6.45, 7) is 6.32. The van der Waals surface area contributed by atoms with Crippen LogP contribution in [0.1, 0.15) is 26.3 Å². The predicted molar refractivity (Wildman–Crippen MR) is 63.9 cm³/mol. The van der Waals surface area contributed by atoms with Crippen molar-refractivity contribution in [2.45, 2.75) is 39.4 Å². The lowest BCUT2D eigenvalue weighted by molar-refractivity contribution is -0.154. The molecule has 0 atom stereocenters. The van der Waals surface area contributed by atoms with Crippen LogP contribution in [0.5, 0.6) is 5.88 Å². The van der Waals surface area contributed by atoms with Crippen molar-refractivity contribution in [3.63, 3.8) is 0 Å². The van der Waals surface area contributed by atoms with Gasteiger partial charge in [0.15, 0.2) is 6.61 Å². The van der Waals surface area contributed by atoms with E-state index >= 15 is 0 Å². The van der Waals surface area contributed by atoms with Gasteiger partial charge in [-0.1, -0.05) is 6.07 Å². The average Bonchev–Trinajstić information content (AvgIpc) is 2.16. The second kappa shape index (κ2) is 5.04. The van der Waals surface area contributed by atoms with Crippen molar-refractivity contribution in [1.29, 1.82) is 0 Å². The van der Waals surface area contributed by atoms with Crippen LogP contribution in [0.4, 0.5) is 19.0 Å². The highest BCUT2D eigenvalue weighted by Gasteiger charge is 2.28. The summed E-state index contributed by atoms with van der Waals surface area (Å²) in [4.78, 5) is 4.03. The van der Waals surface area contributed by atoms with E-state index in [9.17, 15) is 13.2 Å². The Balaban J connectivity index is 2.81. The third-order valence-corrected chi connectivity index (χ3v) is 1.95. The van der Waals surface area contributed by atoms with Crippen LogP contribution < -0.4 is 10.1 Å². The molecule has 3 nitrogen and oxygen atoms in total. The van der Waals surface area contributed by atoms with E-state index in [1.807, 2.05) is 27.7 Å². The molecule has 0 spiro atoms. The second-order valence-corrected chi connectivity index (χ2v) is 5.09. The van der Waals surface area contributed by atoms with Crippen molar-refractivity contribution in [3.8, 4) is 5.88 Å². The number of anilines is 1. The minimum atomic E-state index is -4.36. The van der Waals surface area contributed by atoms with Crippen LogP contribution in [-0.4, -0.2) is 23.3 Å². The van der Waals surface area contributed by atoms with Crippen LogP contribution in [-0.2, 0) is 0 Å². The van der Waals surface area contributed by atoms with Crippen LogP contribution >= 0.6 is 0 Å². The number of hydrogen-bond acceptors (Lipinski definition) is 3. The molecule has 0 radical (unpaired) electrons. The molecule has 1 heterocycles. The topological polar surface area (TPSA) is 34.1 Å². The van der Waals surface area contributed by atoms with Gasteiger partial charge in [0.1, 0.15) is 5.82 Å². The van der Waals surface area contributed by atoms with E-state index in [4.69, 9.17) is 0 Å². The van der Waals surface area contributed by atoms with Crippen molar-refractivity contribution < 1.29 is 17.9 Å². The highest BCUT2D eigenvalue weighted by atomic mass is 19.4. The van der Waals surface area contributed by atoms with Crippen LogP contribution in [0, 0.1) is 6.92 Å². The van der Waals surface area contributed by atoms with Crippen molar-refractivity contribution >= 4 is 5.82 Å². The van der Waals surface area contributed by atoms with Gasteiger partial charge >= 0.3 is 6.18 Å². The number of alkyl halides is 3. The molecule has 0 amide bonds. The number of ether oxygens (including phenoxy) is 1. The molecule has 0 unspecified atom stereocenters. The Morgan fingerprint density at radius 2 is 1.83 bits per heavy atom. The summed E-state index contributed by atoms with van der Waals surface area (Å²) in [6.07, 6.45) is -4.36. The number of pyridine rings is 1. The number of halogens is 3. The Kier molecular flexibility index (Phi) is 4.09. The van der Waals surface area contributed by atoms with E-state index < -0.39 is 12.8 Å². The number of hydrogen-bond donors (Lipinski definition) is 1. The van der Waals surface area contributed by atoms with Crippen LogP contribution in [0.2, 0.25) is 0 Å². The Labute approximate surface area is 104 Å². The first-order valence-electron chi connectivity index (χ1n) is 5.52. The molecule has 1 rings (SSSR count). The molecule has 102 valence electrons. The highest BCUT2D eigenvalue weighted by Crippen LogP contribution is 2.22. The van der Waals surface area contributed by atoms with Gasteiger partial charge in [-0.2, -0.15) is 18.2 Å². The Morgan fingerprint density at radius 1 is 1.22 bits per heavy atom. The zero-order valence-corrected chi connectivity index (χ0v) is 10.9. The fourth-order valence-corrected chi connectivity index (χ4v) is 1.23. The largest absolute Gasteiger partial charge is 0.468 e. The zero-order chi connectivity index (χ0) is 14.0. The smallest absolute Gasteiger partial charge is 0.422 e. The fourth-order valence-electron chi connectivity index (χ4n) is 1.23. The minimum absolute atomic E-state index is 0.0373. The molecule has 1 aromatic rings. The maximum atomic E-state index is 12.0. The van der Waals surface area contributed by atoms with Crippen LogP contribution in [0.25, 0.3) is 0 Å². The summed E-state index contributed by atoms with van der Waals surface area (Å²) in [5.41, 5.74) is 0.629. The first kappa shape index (κ1) is 14.6. The van der Waals surface area contributed by atoms with Crippen molar-refractivity contribution in [1.82, 2.24) is 4.98 Å². The van der Waals surface area contributed by atoms with Gasteiger partial charge in [-0.25, -0.2) is 0 Å². The summed E-state index contributed by atoms with van der Waals surface area (Å²) in [7, 11) is 0. The quantitative estimate of drug-likeness (QED) is 0.904. The van der Waals surface area contributed by atoms with Gasteiger partial charge in [0, 0.05) is 11.6 Å². The molecule has 0 fully saturated rings. The van der Waals surface area contributed by atoms with E-state index in [1.165, 1.54) is 6.07 Å². The van der Waals surface area contributed by atoms with Crippen molar-refractivity contribution in [2.24, 2.45) is 0 Å². The van der Waals surface area contributed by atoms with Gasteiger partial charge in [-0.05, 0) is 33.3 Å². The maximum Gasteiger partial charge on any atom is 0.422 e. The molecule has 0 bridgehead atoms. The van der Waals surface area contributed by atoms with Gasteiger partial charge in [-0.15, -0.1) is 0 Å². The highest BCUT2D eigenvalue weighted by molar-refractivity contribution is 5.47. The monoisotopic (exact) mass is 262 g/mol. The summed E-state index contributed by atoms with van der Waals surface area (Å²) in [6, 6.07) is 3.10. The van der Waals surface area contributed by atoms with E-state index in [1.54, 1.807) is 6.07 Å². The predicted octanol–water partition coefficient (Wildman–Crippen LogP) is 3.54. The lowest BCUT2D eigenvalue weighted by Gasteiger charge is -2.23. The molecule has 0 aliphatic carbocycles. The Morgan fingerprint density at radius 3 is 2.33 bits per heavy atom. The Hall–Kier alpha value is -1.46. The molecule has 0 aliphatic heterocycles. The summed E-state index contributed by atoms with van der Waals surface area (Å²) < 4.78 is 40.7. The third-order valence-electron chi connectivity index (χ3n) is 1.95. The average molecular weight is 262 g/mol. The van der Waals surface area contributed by atoms with E-state index in [0.717, 1.165) is 5.56 Å². The number of aryl methyl sites for hydroxylation is 1. The summed E-state index contributed by atoms with van der Waals surface area (Å²) in [5.74, 6) is 0.492. The summed E-state index contributed by atoms with van der Waals surface area (Å²) in [5, 5.41) is 3.11. The van der Waals surface area contributed by atoms with Crippen molar-refractivity contribution in [2.75, 3.05) is 11.9 Å².